The normalized spacial score (nSPS) is 22.5. The first-order valence-electron chi connectivity index (χ1n) is 7.15. The van der Waals surface area contributed by atoms with Crippen molar-refractivity contribution in [1.82, 2.24) is 19.7 Å². The molecule has 1 aliphatic heterocycles. The van der Waals surface area contributed by atoms with Gasteiger partial charge in [-0.1, -0.05) is 0 Å². The molecule has 1 fully saturated rings. The molecule has 2 aromatic heterocycles. The van der Waals surface area contributed by atoms with E-state index in [2.05, 4.69) is 46.6 Å². The first-order valence-corrected chi connectivity index (χ1v) is 7.15. The van der Waals surface area contributed by atoms with Gasteiger partial charge in [0.15, 0.2) is 0 Å². The number of ether oxygens (including phenoxy) is 1. The van der Waals surface area contributed by atoms with Crippen molar-refractivity contribution in [2.75, 3.05) is 13.2 Å². The Labute approximate surface area is 119 Å². The minimum atomic E-state index is 0.185. The summed E-state index contributed by atoms with van der Waals surface area (Å²) in [6.07, 6.45) is 7.35. The number of hydrogen-bond donors (Lipinski definition) is 1. The molecule has 0 bridgehead atoms. The Balaban J connectivity index is 1.55. The van der Waals surface area contributed by atoms with Crippen molar-refractivity contribution in [2.45, 2.75) is 19.1 Å². The molecule has 0 aliphatic carbocycles. The van der Waals surface area contributed by atoms with Crippen LogP contribution < -0.4 is 5.32 Å². The third-order valence-corrected chi connectivity index (χ3v) is 4.03. The van der Waals surface area contributed by atoms with Crippen molar-refractivity contribution in [3.05, 3.63) is 42.0 Å². The van der Waals surface area contributed by atoms with E-state index in [1.54, 1.807) is 0 Å². The van der Waals surface area contributed by atoms with E-state index in [1.807, 2.05) is 17.9 Å². The number of hydrogen-bond acceptors (Lipinski definition) is 3. The van der Waals surface area contributed by atoms with E-state index in [0.717, 1.165) is 26.1 Å². The molecule has 0 radical (unpaired) electrons. The lowest BCUT2D eigenvalue weighted by atomic mass is 9.97. The molecule has 3 heterocycles. The second-order valence-electron chi connectivity index (χ2n) is 5.53. The fourth-order valence-electron chi connectivity index (χ4n) is 2.86. The van der Waals surface area contributed by atoms with Crippen LogP contribution in [0.1, 0.15) is 23.8 Å². The Kier molecular flexibility index (Phi) is 3.89. The maximum atomic E-state index is 5.88. The lowest BCUT2D eigenvalue weighted by molar-refractivity contribution is 0.0903. The average Bonchev–Trinajstić information content (AvgIpc) is 3.12. The lowest BCUT2D eigenvalue weighted by Gasteiger charge is -2.18. The molecular weight excluding hydrogens is 252 g/mol. The third-order valence-electron chi connectivity index (χ3n) is 4.03. The summed E-state index contributed by atoms with van der Waals surface area (Å²) < 4.78 is 9.87. The molecule has 1 N–H and O–H groups in total. The highest BCUT2D eigenvalue weighted by atomic mass is 16.5. The topological polar surface area (TPSA) is 44.0 Å². The van der Waals surface area contributed by atoms with E-state index in [0.29, 0.717) is 5.92 Å². The molecule has 2 atom stereocenters. The molecule has 5 nitrogen and oxygen atoms in total. The highest BCUT2D eigenvalue weighted by molar-refractivity contribution is 5.11. The molecule has 1 saturated heterocycles. The van der Waals surface area contributed by atoms with Crippen LogP contribution in [0, 0.1) is 5.92 Å². The summed E-state index contributed by atoms with van der Waals surface area (Å²) in [6.45, 7) is 2.72. The Morgan fingerprint density at radius 2 is 2.35 bits per heavy atom. The van der Waals surface area contributed by atoms with Gasteiger partial charge in [-0.25, -0.2) is 0 Å². The Bertz CT molecular complexity index is 560. The predicted octanol–water partition coefficient (Wildman–Crippen LogP) is 1.63. The van der Waals surface area contributed by atoms with Crippen molar-refractivity contribution in [1.29, 1.82) is 0 Å². The lowest BCUT2D eigenvalue weighted by Crippen LogP contribution is -2.25. The van der Waals surface area contributed by atoms with Crippen LogP contribution in [-0.4, -0.2) is 27.5 Å². The number of aromatic nitrogens is 3. The zero-order chi connectivity index (χ0) is 13.9. The van der Waals surface area contributed by atoms with Gasteiger partial charge in [-0.05, 0) is 18.6 Å². The molecule has 0 amide bonds. The summed E-state index contributed by atoms with van der Waals surface area (Å²) in [5.41, 5.74) is 2.50. The van der Waals surface area contributed by atoms with Gasteiger partial charge in [-0.3, -0.25) is 4.68 Å². The zero-order valence-electron chi connectivity index (χ0n) is 12.1. The maximum absolute atomic E-state index is 5.88. The Morgan fingerprint density at radius 3 is 3.05 bits per heavy atom. The first kappa shape index (κ1) is 13.4. The van der Waals surface area contributed by atoms with Crippen LogP contribution in [0.25, 0.3) is 0 Å². The smallest absolute Gasteiger partial charge is 0.0896 e. The van der Waals surface area contributed by atoms with Crippen LogP contribution in [0.4, 0.5) is 0 Å². The number of aryl methyl sites for hydroxylation is 2. The summed E-state index contributed by atoms with van der Waals surface area (Å²) in [6, 6.07) is 4.23. The molecule has 5 heteroatoms. The van der Waals surface area contributed by atoms with Gasteiger partial charge in [0.2, 0.25) is 0 Å². The van der Waals surface area contributed by atoms with Crippen LogP contribution in [-0.2, 0) is 25.4 Å². The summed E-state index contributed by atoms with van der Waals surface area (Å²) >= 11 is 0. The standard InChI is InChI=1S/C15H22N4O/c1-18-6-3-4-14(18)10-16-8-12-5-7-20-15(12)13-9-17-19(2)11-13/h3-4,6,9,11-12,15-16H,5,7-8,10H2,1-2H3/t12-,15-/m1/s1. The minimum Gasteiger partial charge on any atom is -0.373 e. The molecule has 0 spiro atoms. The number of nitrogens with zero attached hydrogens (tertiary/aromatic N) is 3. The van der Waals surface area contributed by atoms with Crippen molar-refractivity contribution < 1.29 is 4.74 Å². The van der Waals surface area contributed by atoms with E-state index >= 15 is 0 Å². The fourth-order valence-corrected chi connectivity index (χ4v) is 2.86. The summed E-state index contributed by atoms with van der Waals surface area (Å²) in [5.74, 6) is 0.527. The van der Waals surface area contributed by atoms with E-state index < -0.39 is 0 Å². The second-order valence-corrected chi connectivity index (χ2v) is 5.53. The van der Waals surface area contributed by atoms with Gasteiger partial charge in [-0.15, -0.1) is 0 Å². The van der Waals surface area contributed by atoms with E-state index in [-0.39, 0.29) is 6.10 Å². The van der Waals surface area contributed by atoms with Gasteiger partial charge >= 0.3 is 0 Å². The molecule has 3 rings (SSSR count). The van der Waals surface area contributed by atoms with E-state index in [9.17, 15) is 0 Å². The van der Waals surface area contributed by atoms with Gasteiger partial charge in [-0.2, -0.15) is 5.10 Å². The van der Waals surface area contributed by atoms with E-state index in [1.165, 1.54) is 11.3 Å². The highest BCUT2D eigenvalue weighted by Crippen LogP contribution is 2.33. The molecule has 20 heavy (non-hydrogen) atoms. The second kappa shape index (κ2) is 5.81. The SMILES string of the molecule is Cn1cc([C@@H]2OCC[C@@H]2CNCc2cccn2C)cn1. The van der Waals surface area contributed by atoms with Crippen LogP contribution >= 0.6 is 0 Å². The number of rotatable bonds is 5. The van der Waals surface area contributed by atoms with Crippen molar-refractivity contribution in [2.24, 2.45) is 20.0 Å². The maximum Gasteiger partial charge on any atom is 0.0896 e. The molecule has 1 aliphatic rings. The third kappa shape index (κ3) is 2.78. The molecule has 108 valence electrons. The van der Waals surface area contributed by atoms with Gasteiger partial charge in [0, 0.05) is 63.4 Å². The van der Waals surface area contributed by atoms with Crippen LogP contribution in [0.3, 0.4) is 0 Å². The first-order chi connectivity index (χ1) is 9.74. The van der Waals surface area contributed by atoms with Crippen molar-refractivity contribution in [3.63, 3.8) is 0 Å². The van der Waals surface area contributed by atoms with Crippen molar-refractivity contribution in [3.8, 4) is 0 Å². The van der Waals surface area contributed by atoms with Gasteiger partial charge in [0.1, 0.15) is 0 Å². The summed E-state index contributed by atoms with van der Waals surface area (Å²) in [4.78, 5) is 0. The average molecular weight is 274 g/mol. The van der Waals surface area contributed by atoms with Crippen LogP contribution in [0.2, 0.25) is 0 Å². The van der Waals surface area contributed by atoms with Gasteiger partial charge in [0.05, 0.1) is 12.3 Å². The summed E-state index contributed by atoms with van der Waals surface area (Å²) in [7, 11) is 4.02. The Morgan fingerprint density at radius 1 is 1.45 bits per heavy atom. The van der Waals surface area contributed by atoms with Gasteiger partial charge < -0.3 is 14.6 Å². The van der Waals surface area contributed by atoms with Crippen LogP contribution in [0.5, 0.6) is 0 Å². The molecule has 0 aromatic carbocycles. The van der Waals surface area contributed by atoms with E-state index in [4.69, 9.17) is 4.74 Å². The zero-order valence-corrected chi connectivity index (χ0v) is 12.1. The minimum absolute atomic E-state index is 0.185. The summed E-state index contributed by atoms with van der Waals surface area (Å²) in [5, 5.41) is 7.79. The fraction of sp³-hybridized carbons (Fsp3) is 0.533. The monoisotopic (exact) mass is 274 g/mol. The number of nitrogens with one attached hydrogen (secondary N) is 1. The van der Waals surface area contributed by atoms with Crippen LogP contribution in [0.15, 0.2) is 30.7 Å². The van der Waals surface area contributed by atoms with Gasteiger partial charge in [0.25, 0.3) is 0 Å². The highest BCUT2D eigenvalue weighted by Gasteiger charge is 2.30. The molecule has 0 saturated carbocycles. The largest absolute Gasteiger partial charge is 0.373 e. The predicted molar refractivity (Wildman–Crippen MR) is 77.1 cm³/mol. The van der Waals surface area contributed by atoms with Crippen molar-refractivity contribution >= 4 is 0 Å². The Hall–Kier alpha value is -1.59. The quantitative estimate of drug-likeness (QED) is 0.901. The molecule has 0 unspecified atom stereocenters. The molecular formula is C15H22N4O. The molecule has 2 aromatic rings.